The van der Waals surface area contributed by atoms with Gasteiger partial charge in [-0.25, -0.2) is 0 Å². The van der Waals surface area contributed by atoms with Crippen LogP contribution < -0.4 is 10.6 Å². The number of nitrogens with zero attached hydrogens (tertiary/aromatic N) is 2. The number of benzene rings is 2. The van der Waals surface area contributed by atoms with Crippen LogP contribution in [0.4, 0.5) is 5.69 Å². The van der Waals surface area contributed by atoms with Crippen molar-refractivity contribution in [2.75, 3.05) is 36.0 Å². The van der Waals surface area contributed by atoms with Crippen LogP contribution in [0.15, 0.2) is 54.2 Å². The first kappa shape index (κ1) is 24.7. The maximum atomic E-state index is 13.6. The molecule has 2 aromatic rings. The zero-order valence-corrected chi connectivity index (χ0v) is 19.8. The first-order valence-electron chi connectivity index (χ1n) is 10.6. The molecule has 174 valence electrons. The zero-order chi connectivity index (χ0) is 22.7. The number of anilines is 1. The van der Waals surface area contributed by atoms with E-state index < -0.39 is 5.97 Å². The van der Waals surface area contributed by atoms with Crippen molar-refractivity contribution in [1.82, 2.24) is 4.90 Å². The molecule has 4 rings (SSSR count). The second-order valence-electron chi connectivity index (χ2n) is 7.86. The highest BCUT2D eigenvalue weighted by Gasteiger charge is 2.35. The van der Waals surface area contributed by atoms with Crippen LogP contribution in [0.2, 0.25) is 0 Å². The van der Waals surface area contributed by atoms with Crippen molar-refractivity contribution in [1.29, 1.82) is 5.41 Å². The standard InChI is InChI=1S/C24H26N4O3S.ClH/c25-23(26)18-6-8-19(9-7-18)28-15-20(27-11-13-32-14-12-27)22(24(28)31)17-4-1-16(2-5-17)3-10-21(29)30;/h1-2,4-9H,3,10-15H2,(H3,25,26)(H,29,30);1H. The summed E-state index contributed by atoms with van der Waals surface area (Å²) in [5.41, 5.74) is 10.5. The lowest BCUT2D eigenvalue weighted by molar-refractivity contribution is -0.137. The van der Waals surface area contributed by atoms with Crippen LogP contribution in [0.1, 0.15) is 23.1 Å². The average Bonchev–Trinajstić information content (AvgIpc) is 3.15. The molecule has 0 aromatic heterocycles. The number of thioether (sulfide) groups is 1. The minimum absolute atomic E-state index is 0. The van der Waals surface area contributed by atoms with E-state index in [1.807, 2.05) is 48.2 Å². The summed E-state index contributed by atoms with van der Waals surface area (Å²) in [4.78, 5) is 28.5. The Morgan fingerprint density at radius 1 is 1.06 bits per heavy atom. The third-order valence-corrected chi connectivity index (χ3v) is 6.75. The minimum atomic E-state index is -0.820. The maximum absolute atomic E-state index is 13.6. The fourth-order valence-corrected chi connectivity index (χ4v) is 4.96. The zero-order valence-electron chi connectivity index (χ0n) is 18.1. The summed E-state index contributed by atoms with van der Waals surface area (Å²) >= 11 is 1.92. The summed E-state index contributed by atoms with van der Waals surface area (Å²) < 4.78 is 0. The average molecular weight is 487 g/mol. The van der Waals surface area contributed by atoms with E-state index in [0.29, 0.717) is 24.1 Å². The molecule has 0 aliphatic carbocycles. The number of carbonyl (C=O) groups is 2. The molecule has 0 atom stereocenters. The van der Waals surface area contributed by atoms with Crippen LogP contribution in [0.25, 0.3) is 5.57 Å². The molecule has 4 N–H and O–H groups in total. The van der Waals surface area contributed by atoms with Gasteiger partial charge in [-0.15, -0.1) is 12.4 Å². The van der Waals surface area contributed by atoms with Gasteiger partial charge < -0.3 is 20.6 Å². The molecule has 7 nitrogen and oxygen atoms in total. The van der Waals surface area contributed by atoms with Crippen molar-refractivity contribution in [2.45, 2.75) is 12.8 Å². The highest BCUT2D eigenvalue weighted by molar-refractivity contribution is 7.99. The molecule has 0 unspecified atom stereocenters. The second kappa shape index (κ2) is 10.8. The molecule has 2 aliphatic heterocycles. The number of hydrogen-bond acceptors (Lipinski definition) is 5. The molecule has 2 aromatic carbocycles. The van der Waals surface area contributed by atoms with Crippen molar-refractivity contribution in [3.05, 3.63) is 70.9 Å². The normalized spacial score (nSPS) is 16.1. The predicted molar refractivity (Wildman–Crippen MR) is 135 cm³/mol. The number of amidine groups is 1. The molecule has 2 aliphatic rings. The van der Waals surface area contributed by atoms with E-state index in [1.165, 1.54) is 0 Å². The Bertz CT molecular complexity index is 1060. The Hall–Kier alpha value is -2.97. The lowest BCUT2D eigenvalue weighted by Crippen LogP contribution is -2.34. The largest absolute Gasteiger partial charge is 0.481 e. The van der Waals surface area contributed by atoms with Crippen LogP contribution in [0.5, 0.6) is 0 Å². The Morgan fingerprint density at radius 3 is 2.27 bits per heavy atom. The summed E-state index contributed by atoms with van der Waals surface area (Å²) in [6.45, 7) is 2.31. The quantitative estimate of drug-likeness (QED) is 0.409. The van der Waals surface area contributed by atoms with Gasteiger partial charge in [0.25, 0.3) is 5.91 Å². The molecule has 0 spiro atoms. The van der Waals surface area contributed by atoms with Crippen molar-refractivity contribution >= 4 is 53.1 Å². The number of nitrogen functional groups attached to an aromatic ring is 1. The number of rotatable bonds is 7. The van der Waals surface area contributed by atoms with E-state index in [2.05, 4.69) is 4.90 Å². The van der Waals surface area contributed by atoms with Gasteiger partial charge in [0.2, 0.25) is 0 Å². The number of amides is 1. The summed E-state index contributed by atoms with van der Waals surface area (Å²) in [5, 5.41) is 16.5. The lowest BCUT2D eigenvalue weighted by atomic mass is 10.0. The number of nitrogens with one attached hydrogen (secondary N) is 1. The molecule has 33 heavy (non-hydrogen) atoms. The van der Waals surface area contributed by atoms with E-state index in [9.17, 15) is 9.59 Å². The third kappa shape index (κ3) is 5.51. The molecule has 0 bridgehead atoms. The topological polar surface area (TPSA) is 111 Å². The molecule has 1 amide bonds. The van der Waals surface area contributed by atoms with Crippen LogP contribution in [0, 0.1) is 5.41 Å². The maximum Gasteiger partial charge on any atom is 0.303 e. The predicted octanol–water partition coefficient (Wildman–Crippen LogP) is 3.22. The first-order chi connectivity index (χ1) is 15.4. The molecule has 0 radical (unpaired) electrons. The Kier molecular flexibility index (Phi) is 8.05. The summed E-state index contributed by atoms with van der Waals surface area (Å²) in [6.07, 6.45) is 0.551. The number of nitrogens with two attached hydrogens (primary N) is 1. The summed E-state index contributed by atoms with van der Waals surface area (Å²) in [6, 6.07) is 14.8. The van der Waals surface area contributed by atoms with Gasteiger partial charge in [0.05, 0.1) is 12.1 Å². The first-order valence-corrected chi connectivity index (χ1v) is 11.7. The van der Waals surface area contributed by atoms with Gasteiger partial charge in [-0.2, -0.15) is 11.8 Å². The minimum Gasteiger partial charge on any atom is -0.481 e. The smallest absolute Gasteiger partial charge is 0.303 e. The summed E-state index contributed by atoms with van der Waals surface area (Å²) in [7, 11) is 0. The van der Waals surface area contributed by atoms with Crippen LogP contribution >= 0.6 is 24.2 Å². The second-order valence-corrected chi connectivity index (χ2v) is 9.09. The number of carboxylic acid groups (broad SMARTS) is 1. The van der Waals surface area contributed by atoms with Crippen LogP contribution in [0.3, 0.4) is 0 Å². The van der Waals surface area contributed by atoms with E-state index >= 15 is 0 Å². The van der Waals surface area contributed by atoms with E-state index in [-0.39, 0.29) is 30.6 Å². The van der Waals surface area contributed by atoms with Gasteiger partial charge in [0.15, 0.2) is 0 Å². The Balaban J connectivity index is 0.00000306. The van der Waals surface area contributed by atoms with Gasteiger partial charge in [0.1, 0.15) is 5.84 Å². The lowest BCUT2D eigenvalue weighted by Gasteiger charge is -2.30. The van der Waals surface area contributed by atoms with E-state index in [1.54, 1.807) is 17.0 Å². The Labute approximate surface area is 203 Å². The number of carboxylic acids is 1. The van der Waals surface area contributed by atoms with Crippen LogP contribution in [-0.4, -0.2) is 58.9 Å². The van der Waals surface area contributed by atoms with Gasteiger partial charge in [-0.3, -0.25) is 15.0 Å². The van der Waals surface area contributed by atoms with Gasteiger partial charge in [0, 0.05) is 48.0 Å². The molecular formula is C24H27ClN4O3S. The molecule has 0 saturated carbocycles. The number of aliphatic carboxylic acids is 1. The molecule has 9 heteroatoms. The van der Waals surface area contributed by atoms with Crippen molar-refractivity contribution in [3.63, 3.8) is 0 Å². The molecule has 1 saturated heterocycles. The van der Waals surface area contributed by atoms with Crippen LogP contribution in [-0.2, 0) is 16.0 Å². The van der Waals surface area contributed by atoms with Crippen molar-refractivity contribution in [2.24, 2.45) is 5.73 Å². The number of halogens is 1. The van der Waals surface area contributed by atoms with E-state index in [0.717, 1.165) is 47.1 Å². The highest BCUT2D eigenvalue weighted by atomic mass is 35.5. The van der Waals surface area contributed by atoms with Crippen molar-refractivity contribution < 1.29 is 14.7 Å². The Morgan fingerprint density at radius 2 is 1.70 bits per heavy atom. The van der Waals surface area contributed by atoms with Gasteiger partial charge >= 0.3 is 5.97 Å². The SMILES string of the molecule is Cl.N=C(N)c1ccc(N2CC(N3CCSCC3)=C(c3ccc(CCC(=O)O)cc3)C2=O)cc1. The summed E-state index contributed by atoms with van der Waals surface area (Å²) in [5.74, 6) is 1.20. The number of hydrogen-bond donors (Lipinski definition) is 3. The van der Waals surface area contributed by atoms with Crippen molar-refractivity contribution in [3.8, 4) is 0 Å². The number of aryl methyl sites for hydroxylation is 1. The number of carbonyl (C=O) groups excluding carboxylic acids is 1. The molecule has 2 heterocycles. The fraction of sp³-hybridized carbons (Fsp3) is 0.292. The molecule has 1 fully saturated rings. The van der Waals surface area contributed by atoms with Gasteiger partial charge in [-0.05, 0) is 41.8 Å². The highest BCUT2D eigenvalue weighted by Crippen LogP contribution is 2.35. The fourth-order valence-electron chi connectivity index (χ4n) is 4.06. The third-order valence-electron chi connectivity index (χ3n) is 5.81. The van der Waals surface area contributed by atoms with Gasteiger partial charge in [-0.1, -0.05) is 24.3 Å². The monoisotopic (exact) mass is 486 g/mol. The van der Waals surface area contributed by atoms with E-state index in [4.69, 9.17) is 16.2 Å². The molecular weight excluding hydrogens is 460 g/mol.